The SMILES string of the molecule is CSCC[C@H](NC(=O)N1CC=C(C(F)(F)F)CC1)C(=O)O. The average molecular weight is 326 g/mol. The number of carbonyl (C=O) groups is 2. The summed E-state index contributed by atoms with van der Waals surface area (Å²) in [6, 6.07) is -1.68. The first-order chi connectivity index (χ1) is 9.75. The Hall–Kier alpha value is -1.38. The molecule has 0 aromatic heterocycles. The molecule has 0 saturated carbocycles. The fraction of sp³-hybridized carbons (Fsp3) is 0.667. The molecule has 0 aliphatic carbocycles. The highest BCUT2D eigenvalue weighted by molar-refractivity contribution is 7.98. The largest absolute Gasteiger partial charge is 0.480 e. The Balaban J connectivity index is 2.57. The van der Waals surface area contributed by atoms with E-state index in [0.29, 0.717) is 5.75 Å². The van der Waals surface area contributed by atoms with Gasteiger partial charge in [0.1, 0.15) is 6.04 Å². The Kier molecular flexibility index (Phi) is 6.38. The topological polar surface area (TPSA) is 69.6 Å². The van der Waals surface area contributed by atoms with Crippen LogP contribution in [0.3, 0.4) is 0 Å². The molecule has 2 amide bonds. The minimum atomic E-state index is -4.37. The van der Waals surface area contributed by atoms with Gasteiger partial charge in [-0.15, -0.1) is 0 Å². The van der Waals surface area contributed by atoms with Gasteiger partial charge in [0.15, 0.2) is 0 Å². The van der Waals surface area contributed by atoms with Gasteiger partial charge in [-0.2, -0.15) is 24.9 Å². The molecule has 0 bridgehead atoms. The molecule has 0 fully saturated rings. The minimum absolute atomic E-state index is 0.0773. The summed E-state index contributed by atoms with van der Waals surface area (Å²) in [6.07, 6.45) is -1.61. The molecule has 1 heterocycles. The van der Waals surface area contributed by atoms with Gasteiger partial charge in [0, 0.05) is 18.7 Å². The lowest BCUT2D eigenvalue weighted by Gasteiger charge is -2.28. The van der Waals surface area contributed by atoms with E-state index in [4.69, 9.17) is 5.11 Å². The number of thioether (sulfide) groups is 1. The van der Waals surface area contributed by atoms with Crippen molar-refractivity contribution in [3.05, 3.63) is 11.6 Å². The molecule has 2 N–H and O–H groups in total. The van der Waals surface area contributed by atoms with Gasteiger partial charge in [0.2, 0.25) is 0 Å². The van der Waals surface area contributed by atoms with Gasteiger partial charge in [0.05, 0.1) is 0 Å². The molecule has 1 aliphatic rings. The van der Waals surface area contributed by atoms with Crippen LogP contribution in [0.15, 0.2) is 11.6 Å². The van der Waals surface area contributed by atoms with Crippen LogP contribution in [0.4, 0.5) is 18.0 Å². The maximum Gasteiger partial charge on any atom is 0.412 e. The first kappa shape index (κ1) is 17.7. The number of amides is 2. The predicted molar refractivity (Wildman–Crippen MR) is 73.3 cm³/mol. The van der Waals surface area contributed by atoms with E-state index in [1.807, 2.05) is 6.26 Å². The lowest BCUT2D eigenvalue weighted by molar-refractivity contribution is -0.139. The van der Waals surface area contributed by atoms with Crippen LogP contribution >= 0.6 is 11.8 Å². The quantitative estimate of drug-likeness (QED) is 0.759. The number of hydrogen-bond acceptors (Lipinski definition) is 3. The van der Waals surface area contributed by atoms with E-state index in [-0.39, 0.29) is 25.9 Å². The zero-order chi connectivity index (χ0) is 16.0. The predicted octanol–water partition coefficient (Wildman–Crippen LogP) is 2.10. The van der Waals surface area contributed by atoms with E-state index in [9.17, 15) is 22.8 Å². The highest BCUT2D eigenvalue weighted by atomic mass is 32.2. The molecule has 120 valence electrons. The minimum Gasteiger partial charge on any atom is -0.480 e. The monoisotopic (exact) mass is 326 g/mol. The van der Waals surface area contributed by atoms with Crippen molar-refractivity contribution >= 4 is 23.8 Å². The van der Waals surface area contributed by atoms with E-state index < -0.39 is 29.8 Å². The summed E-state index contributed by atoms with van der Waals surface area (Å²) in [6.45, 7) is -0.248. The van der Waals surface area contributed by atoms with Crippen molar-refractivity contribution in [2.24, 2.45) is 0 Å². The number of carboxylic acid groups (broad SMARTS) is 1. The Morgan fingerprint density at radius 1 is 1.52 bits per heavy atom. The third-order valence-electron chi connectivity index (χ3n) is 3.07. The van der Waals surface area contributed by atoms with Crippen LogP contribution in [0.5, 0.6) is 0 Å². The third-order valence-corrected chi connectivity index (χ3v) is 3.71. The average Bonchev–Trinajstić information content (AvgIpc) is 2.42. The summed E-state index contributed by atoms with van der Waals surface area (Å²) in [5, 5.41) is 11.3. The molecule has 0 aromatic rings. The normalized spacial score (nSPS) is 17.1. The molecule has 1 rings (SSSR count). The number of urea groups is 1. The Morgan fingerprint density at radius 2 is 2.19 bits per heavy atom. The standard InChI is InChI=1S/C12H17F3N2O3S/c1-21-7-4-9(10(18)19)16-11(20)17-5-2-8(3-6-17)12(13,14)15/h2,9H,3-7H2,1H3,(H,16,20)(H,18,19)/t9-/m0/s1. The number of halogens is 3. The van der Waals surface area contributed by atoms with E-state index in [1.54, 1.807) is 0 Å². The second-order valence-electron chi connectivity index (χ2n) is 4.54. The number of nitrogens with zero attached hydrogens (tertiary/aromatic N) is 1. The number of carbonyl (C=O) groups excluding carboxylic acids is 1. The van der Waals surface area contributed by atoms with Gasteiger partial charge in [-0.25, -0.2) is 9.59 Å². The molecule has 5 nitrogen and oxygen atoms in total. The number of rotatable bonds is 5. The second kappa shape index (κ2) is 7.58. The molecule has 0 radical (unpaired) electrons. The van der Waals surface area contributed by atoms with Crippen LogP contribution in [-0.2, 0) is 4.79 Å². The van der Waals surface area contributed by atoms with Gasteiger partial charge in [0.25, 0.3) is 0 Å². The van der Waals surface area contributed by atoms with Crippen LogP contribution in [0, 0.1) is 0 Å². The fourth-order valence-electron chi connectivity index (χ4n) is 1.84. The van der Waals surface area contributed by atoms with Crippen LogP contribution in [0.2, 0.25) is 0 Å². The smallest absolute Gasteiger partial charge is 0.412 e. The van der Waals surface area contributed by atoms with Crippen LogP contribution in [-0.4, -0.2) is 59.3 Å². The van der Waals surface area contributed by atoms with Gasteiger partial charge in [-0.1, -0.05) is 6.08 Å². The number of nitrogens with one attached hydrogen (secondary N) is 1. The maximum atomic E-state index is 12.5. The Morgan fingerprint density at radius 3 is 2.62 bits per heavy atom. The maximum absolute atomic E-state index is 12.5. The lowest BCUT2D eigenvalue weighted by atomic mass is 10.1. The van der Waals surface area contributed by atoms with Crippen molar-refractivity contribution in [3.63, 3.8) is 0 Å². The zero-order valence-electron chi connectivity index (χ0n) is 11.4. The summed E-state index contributed by atoms with van der Waals surface area (Å²) < 4.78 is 37.4. The summed E-state index contributed by atoms with van der Waals surface area (Å²) in [5.74, 6) is -0.587. The van der Waals surface area contributed by atoms with Gasteiger partial charge < -0.3 is 15.3 Å². The first-order valence-corrected chi connectivity index (χ1v) is 7.68. The van der Waals surface area contributed by atoms with Crippen molar-refractivity contribution in [1.29, 1.82) is 0 Å². The molecular formula is C12H17F3N2O3S. The number of hydrogen-bond donors (Lipinski definition) is 2. The molecule has 0 aromatic carbocycles. The highest BCUT2D eigenvalue weighted by Gasteiger charge is 2.35. The van der Waals surface area contributed by atoms with Crippen molar-refractivity contribution < 1.29 is 27.9 Å². The Labute approximate surface area is 124 Å². The Bertz CT molecular complexity index is 426. The number of aliphatic carboxylic acids is 1. The second-order valence-corrected chi connectivity index (χ2v) is 5.53. The first-order valence-electron chi connectivity index (χ1n) is 6.29. The third kappa shape index (κ3) is 5.49. The van der Waals surface area contributed by atoms with Crippen LogP contribution in [0.1, 0.15) is 12.8 Å². The molecule has 0 unspecified atom stereocenters. The van der Waals surface area contributed by atoms with Gasteiger partial charge in [-0.3, -0.25) is 0 Å². The van der Waals surface area contributed by atoms with Crippen LogP contribution in [0.25, 0.3) is 0 Å². The molecule has 1 aliphatic heterocycles. The van der Waals surface area contributed by atoms with E-state index in [1.165, 1.54) is 16.7 Å². The molecule has 9 heteroatoms. The lowest BCUT2D eigenvalue weighted by Crippen LogP contribution is -2.49. The fourth-order valence-corrected chi connectivity index (χ4v) is 2.32. The van der Waals surface area contributed by atoms with Gasteiger partial charge in [-0.05, 0) is 24.9 Å². The van der Waals surface area contributed by atoms with Crippen molar-refractivity contribution in [3.8, 4) is 0 Å². The van der Waals surface area contributed by atoms with E-state index in [2.05, 4.69) is 5.32 Å². The number of alkyl halides is 3. The van der Waals surface area contributed by atoms with E-state index >= 15 is 0 Å². The summed E-state index contributed by atoms with van der Waals surface area (Å²) in [5.41, 5.74) is -0.649. The summed E-state index contributed by atoms with van der Waals surface area (Å²) in [4.78, 5) is 24.0. The zero-order valence-corrected chi connectivity index (χ0v) is 12.3. The molecule has 21 heavy (non-hydrogen) atoms. The molecular weight excluding hydrogens is 309 g/mol. The highest BCUT2D eigenvalue weighted by Crippen LogP contribution is 2.30. The molecule has 1 atom stereocenters. The van der Waals surface area contributed by atoms with Crippen LogP contribution < -0.4 is 5.32 Å². The molecule has 0 saturated heterocycles. The number of carboxylic acids is 1. The summed E-state index contributed by atoms with van der Waals surface area (Å²) in [7, 11) is 0. The summed E-state index contributed by atoms with van der Waals surface area (Å²) >= 11 is 1.45. The molecule has 0 spiro atoms. The van der Waals surface area contributed by atoms with Gasteiger partial charge >= 0.3 is 18.2 Å². The van der Waals surface area contributed by atoms with Crippen molar-refractivity contribution in [2.45, 2.75) is 25.1 Å². The van der Waals surface area contributed by atoms with Crippen molar-refractivity contribution in [1.82, 2.24) is 10.2 Å². The van der Waals surface area contributed by atoms with E-state index in [0.717, 1.165) is 6.08 Å². The van der Waals surface area contributed by atoms with Crippen molar-refractivity contribution in [2.75, 3.05) is 25.1 Å².